The fraction of sp³-hybridized carbons (Fsp3) is 0.269. The average Bonchev–Trinajstić information content (AvgIpc) is 3.58. The number of hydrogen-bond acceptors (Lipinski definition) is 6. The molecule has 2 fully saturated rings. The zero-order chi connectivity index (χ0) is 23.1. The summed E-state index contributed by atoms with van der Waals surface area (Å²) in [7, 11) is 0. The van der Waals surface area contributed by atoms with E-state index in [1.165, 1.54) is 0 Å². The highest BCUT2D eigenvalue weighted by molar-refractivity contribution is 5.94. The van der Waals surface area contributed by atoms with Gasteiger partial charge in [-0.1, -0.05) is 6.07 Å². The SMILES string of the molecule is O=C(c1ccc(Nc2nccc(-c3ccc4c(=O)[nH]c(C5CC5)nc4c3)n2)cc1)N1CCCC1. The van der Waals surface area contributed by atoms with Gasteiger partial charge in [-0.25, -0.2) is 15.0 Å². The lowest BCUT2D eigenvalue weighted by atomic mass is 10.1. The molecule has 8 heteroatoms. The molecular formula is C26H24N6O2. The van der Waals surface area contributed by atoms with Gasteiger partial charge in [0.25, 0.3) is 11.5 Å². The number of carbonyl (C=O) groups is 1. The van der Waals surface area contributed by atoms with E-state index in [1.807, 2.05) is 47.4 Å². The Balaban J connectivity index is 1.23. The monoisotopic (exact) mass is 452 g/mol. The first-order valence-corrected chi connectivity index (χ1v) is 11.7. The highest BCUT2D eigenvalue weighted by Gasteiger charge is 2.26. The van der Waals surface area contributed by atoms with Crippen molar-refractivity contribution in [1.82, 2.24) is 24.8 Å². The van der Waals surface area contributed by atoms with Crippen molar-refractivity contribution in [3.8, 4) is 11.3 Å². The van der Waals surface area contributed by atoms with Gasteiger partial charge in [-0.3, -0.25) is 9.59 Å². The van der Waals surface area contributed by atoms with Crippen LogP contribution in [-0.2, 0) is 0 Å². The molecule has 2 aliphatic rings. The van der Waals surface area contributed by atoms with E-state index >= 15 is 0 Å². The smallest absolute Gasteiger partial charge is 0.258 e. The van der Waals surface area contributed by atoms with Crippen molar-refractivity contribution in [3.05, 3.63) is 76.5 Å². The van der Waals surface area contributed by atoms with Gasteiger partial charge in [0.1, 0.15) is 5.82 Å². The van der Waals surface area contributed by atoms with Crippen molar-refractivity contribution in [2.75, 3.05) is 18.4 Å². The van der Waals surface area contributed by atoms with Gasteiger partial charge in [-0.05, 0) is 68.1 Å². The molecule has 0 radical (unpaired) electrons. The number of H-pyrrole nitrogens is 1. The standard InChI is InChI=1S/C26H24N6O2/c33-24-20-10-7-18(15-22(20)29-23(31-24)16-3-4-16)21-11-12-27-26(30-21)28-19-8-5-17(6-9-19)25(34)32-13-1-2-14-32/h5-12,15-16H,1-4,13-14H2,(H,27,28,30)(H,29,31,33). The molecule has 34 heavy (non-hydrogen) atoms. The third kappa shape index (κ3) is 4.03. The van der Waals surface area contributed by atoms with Gasteiger partial charge in [0, 0.05) is 42.0 Å². The third-order valence-electron chi connectivity index (χ3n) is 6.42. The quantitative estimate of drug-likeness (QED) is 0.469. The molecule has 0 atom stereocenters. The molecule has 8 nitrogen and oxygen atoms in total. The minimum absolute atomic E-state index is 0.0795. The molecule has 170 valence electrons. The van der Waals surface area contributed by atoms with Gasteiger partial charge in [0.05, 0.1) is 16.6 Å². The lowest BCUT2D eigenvalue weighted by Crippen LogP contribution is -2.27. The second-order valence-corrected chi connectivity index (χ2v) is 8.92. The maximum atomic E-state index is 12.5. The highest BCUT2D eigenvalue weighted by atomic mass is 16.2. The average molecular weight is 453 g/mol. The lowest BCUT2D eigenvalue weighted by molar-refractivity contribution is 0.0793. The number of nitrogens with zero attached hydrogens (tertiary/aromatic N) is 4. The number of amides is 1. The first-order valence-electron chi connectivity index (χ1n) is 11.7. The second-order valence-electron chi connectivity index (χ2n) is 8.92. The summed E-state index contributed by atoms with van der Waals surface area (Å²) >= 11 is 0. The van der Waals surface area contributed by atoms with Crippen molar-refractivity contribution >= 4 is 28.4 Å². The predicted molar refractivity (Wildman–Crippen MR) is 130 cm³/mol. The molecule has 0 spiro atoms. The van der Waals surface area contributed by atoms with E-state index < -0.39 is 0 Å². The van der Waals surface area contributed by atoms with E-state index in [0.29, 0.717) is 28.3 Å². The molecule has 1 aliphatic heterocycles. The van der Waals surface area contributed by atoms with Gasteiger partial charge < -0.3 is 15.2 Å². The summed E-state index contributed by atoms with van der Waals surface area (Å²) in [4.78, 5) is 43.4. The van der Waals surface area contributed by atoms with Crippen molar-refractivity contribution in [1.29, 1.82) is 0 Å². The summed E-state index contributed by atoms with van der Waals surface area (Å²) in [5.41, 5.74) is 3.66. The number of hydrogen-bond donors (Lipinski definition) is 2. The summed E-state index contributed by atoms with van der Waals surface area (Å²) in [6.07, 6.45) is 5.99. The van der Waals surface area contributed by atoms with E-state index in [9.17, 15) is 9.59 Å². The van der Waals surface area contributed by atoms with Crippen LogP contribution in [0.3, 0.4) is 0 Å². The fourth-order valence-electron chi connectivity index (χ4n) is 4.37. The van der Waals surface area contributed by atoms with Gasteiger partial charge >= 0.3 is 0 Å². The molecule has 1 aliphatic carbocycles. The predicted octanol–water partition coefficient (Wildman–Crippen LogP) is 4.24. The summed E-state index contributed by atoms with van der Waals surface area (Å²) in [6, 6.07) is 14.8. The van der Waals surface area contributed by atoms with Crippen LogP contribution in [0, 0.1) is 0 Å². The van der Waals surface area contributed by atoms with Crippen molar-refractivity contribution in [2.24, 2.45) is 0 Å². The summed E-state index contributed by atoms with van der Waals surface area (Å²) < 4.78 is 0. The molecule has 6 rings (SSSR count). The minimum atomic E-state index is -0.102. The van der Waals surface area contributed by atoms with Crippen LogP contribution in [0.5, 0.6) is 0 Å². The molecule has 1 saturated heterocycles. The van der Waals surface area contributed by atoms with Crippen LogP contribution in [0.25, 0.3) is 22.2 Å². The number of aromatic nitrogens is 4. The number of aromatic amines is 1. The van der Waals surface area contributed by atoms with Crippen LogP contribution in [-0.4, -0.2) is 43.8 Å². The van der Waals surface area contributed by atoms with Crippen molar-refractivity contribution in [3.63, 3.8) is 0 Å². The number of carbonyl (C=O) groups excluding carboxylic acids is 1. The Morgan fingerprint density at radius 3 is 2.56 bits per heavy atom. The maximum absolute atomic E-state index is 12.5. The summed E-state index contributed by atoms with van der Waals surface area (Å²) in [5, 5.41) is 3.78. The molecule has 2 N–H and O–H groups in total. The second kappa shape index (κ2) is 8.37. The normalized spacial score (nSPS) is 15.6. The lowest BCUT2D eigenvalue weighted by Gasteiger charge is -2.15. The van der Waals surface area contributed by atoms with E-state index in [1.54, 1.807) is 12.3 Å². The van der Waals surface area contributed by atoms with Gasteiger partial charge in [-0.2, -0.15) is 0 Å². The van der Waals surface area contributed by atoms with Crippen molar-refractivity contribution < 1.29 is 4.79 Å². The number of rotatable bonds is 5. The van der Waals surface area contributed by atoms with Crippen molar-refractivity contribution in [2.45, 2.75) is 31.6 Å². The highest BCUT2D eigenvalue weighted by Crippen LogP contribution is 2.38. The molecule has 0 unspecified atom stereocenters. The largest absolute Gasteiger partial charge is 0.339 e. The van der Waals surface area contributed by atoms with E-state index in [2.05, 4.69) is 25.3 Å². The Kier molecular flexibility index (Phi) is 5.05. The fourth-order valence-corrected chi connectivity index (χ4v) is 4.37. The zero-order valence-corrected chi connectivity index (χ0v) is 18.6. The first-order chi connectivity index (χ1) is 16.6. The summed E-state index contributed by atoms with van der Waals surface area (Å²) in [5.74, 6) is 1.67. The maximum Gasteiger partial charge on any atom is 0.258 e. The number of anilines is 2. The summed E-state index contributed by atoms with van der Waals surface area (Å²) in [6.45, 7) is 1.67. The minimum Gasteiger partial charge on any atom is -0.339 e. The topological polar surface area (TPSA) is 104 Å². The van der Waals surface area contributed by atoms with Gasteiger partial charge in [0.2, 0.25) is 5.95 Å². The third-order valence-corrected chi connectivity index (χ3v) is 6.42. The molecule has 1 saturated carbocycles. The van der Waals surface area contributed by atoms with Crippen LogP contribution in [0.1, 0.15) is 47.8 Å². The molecule has 2 aromatic carbocycles. The van der Waals surface area contributed by atoms with E-state index in [0.717, 1.165) is 61.5 Å². The Morgan fingerprint density at radius 1 is 1.00 bits per heavy atom. The molecule has 3 heterocycles. The van der Waals surface area contributed by atoms with E-state index in [4.69, 9.17) is 0 Å². The van der Waals surface area contributed by atoms with Crippen LogP contribution in [0.4, 0.5) is 11.6 Å². The van der Waals surface area contributed by atoms with Gasteiger partial charge in [-0.15, -0.1) is 0 Å². The van der Waals surface area contributed by atoms with E-state index in [-0.39, 0.29) is 11.5 Å². The Hall–Kier alpha value is -4.07. The Labute approximate surface area is 196 Å². The van der Waals surface area contributed by atoms with Crippen LogP contribution >= 0.6 is 0 Å². The first kappa shape index (κ1) is 20.5. The number of benzene rings is 2. The molecule has 0 bridgehead atoms. The molecule has 4 aromatic rings. The number of fused-ring (bicyclic) bond motifs is 1. The Bertz CT molecular complexity index is 1440. The number of nitrogens with one attached hydrogen (secondary N) is 2. The van der Waals surface area contributed by atoms with Gasteiger partial charge in [0.15, 0.2) is 0 Å². The zero-order valence-electron chi connectivity index (χ0n) is 18.6. The molecule has 2 aromatic heterocycles. The molecular weight excluding hydrogens is 428 g/mol. The molecule has 1 amide bonds. The van der Waals surface area contributed by atoms with Crippen LogP contribution < -0.4 is 10.9 Å². The number of likely N-dealkylation sites (tertiary alicyclic amines) is 1. The van der Waals surface area contributed by atoms with Crippen LogP contribution in [0.2, 0.25) is 0 Å². The Morgan fingerprint density at radius 2 is 1.79 bits per heavy atom. The van der Waals surface area contributed by atoms with Crippen LogP contribution in [0.15, 0.2) is 59.5 Å².